The smallest absolute Gasteiger partial charge is 0.221 e. The van der Waals surface area contributed by atoms with Gasteiger partial charge in [-0.1, -0.05) is 12.1 Å². The lowest BCUT2D eigenvalue weighted by Gasteiger charge is -2.03. The number of carbonyl (C=O) groups excluding carboxylic acids is 1. The number of hydrogen-bond acceptors (Lipinski definition) is 4. The molecule has 0 saturated heterocycles. The average Bonchev–Trinajstić information content (AvgIpc) is 2.97. The zero-order valence-electron chi connectivity index (χ0n) is 12.0. The molecule has 2 aromatic heterocycles. The number of nitrogen functional groups attached to an aromatic ring is 1. The highest BCUT2D eigenvalue weighted by Gasteiger charge is 2.08. The summed E-state index contributed by atoms with van der Waals surface area (Å²) in [6, 6.07) is 11.2. The van der Waals surface area contributed by atoms with Crippen molar-refractivity contribution in [2.45, 2.75) is 6.92 Å². The molecule has 0 aliphatic carbocycles. The number of imidazole rings is 1. The number of nitrogens with one attached hydrogen (secondary N) is 2. The van der Waals surface area contributed by atoms with Gasteiger partial charge in [0.15, 0.2) is 0 Å². The lowest BCUT2D eigenvalue weighted by molar-refractivity contribution is -0.114. The standard InChI is InChI=1S/C16H15N5O/c1-10(22)20-12-6-4-11(5-7-12)14-9-19-16(21-14)13-3-2-8-18-15(13)17/h2-9H,1H3,(H2,17,18)(H,19,21)(H,20,22). The van der Waals surface area contributed by atoms with E-state index >= 15 is 0 Å². The Balaban J connectivity index is 1.88. The number of anilines is 2. The molecule has 0 saturated carbocycles. The van der Waals surface area contributed by atoms with Crippen LogP contribution in [0.1, 0.15) is 6.92 Å². The van der Waals surface area contributed by atoms with E-state index in [-0.39, 0.29) is 5.91 Å². The number of amides is 1. The molecule has 0 atom stereocenters. The Morgan fingerprint density at radius 1 is 1.18 bits per heavy atom. The molecule has 2 heterocycles. The van der Waals surface area contributed by atoms with Crippen LogP contribution in [-0.4, -0.2) is 20.9 Å². The number of rotatable bonds is 3. The van der Waals surface area contributed by atoms with Gasteiger partial charge < -0.3 is 16.0 Å². The van der Waals surface area contributed by atoms with E-state index < -0.39 is 0 Å². The van der Waals surface area contributed by atoms with Gasteiger partial charge in [-0.05, 0) is 29.8 Å². The third kappa shape index (κ3) is 2.80. The van der Waals surface area contributed by atoms with Crippen LogP contribution in [0, 0.1) is 0 Å². The van der Waals surface area contributed by atoms with Crippen molar-refractivity contribution in [1.29, 1.82) is 0 Å². The summed E-state index contributed by atoms with van der Waals surface area (Å²) < 4.78 is 0. The highest BCUT2D eigenvalue weighted by molar-refractivity contribution is 5.88. The maximum Gasteiger partial charge on any atom is 0.221 e. The van der Waals surface area contributed by atoms with Crippen molar-refractivity contribution in [3.8, 4) is 22.6 Å². The minimum atomic E-state index is -0.0939. The number of H-pyrrole nitrogens is 1. The number of pyridine rings is 1. The van der Waals surface area contributed by atoms with Gasteiger partial charge in [0.25, 0.3) is 0 Å². The van der Waals surface area contributed by atoms with Crippen LogP contribution < -0.4 is 11.1 Å². The van der Waals surface area contributed by atoms with E-state index in [1.165, 1.54) is 6.92 Å². The quantitative estimate of drug-likeness (QED) is 0.691. The lowest BCUT2D eigenvalue weighted by atomic mass is 10.1. The highest BCUT2D eigenvalue weighted by Crippen LogP contribution is 2.25. The first kappa shape index (κ1) is 13.8. The maximum absolute atomic E-state index is 11.0. The van der Waals surface area contributed by atoms with E-state index in [4.69, 9.17) is 5.73 Å². The summed E-state index contributed by atoms with van der Waals surface area (Å²) in [4.78, 5) is 22.6. The molecule has 4 N–H and O–H groups in total. The molecular formula is C16H15N5O. The molecule has 0 unspecified atom stereocenters. The number of nitrogens with zero attached hydrogens (tertiary/aromatic N) is 2. The summed E-state index contributed by atoms with van der Waals surface area (Å²) in [7, 11) is 0. The Kier molecular flexibility index (Phi) is 3.57. The average molecular weight is 293 g/mol. The van der Waals surface area contributed by atoms with Crippen LogP contribution in [0.2, 0.25) is 0 Å². The lowest BCUT2D eigenvalue weighted by Crippen LogP contribution is -2.05. The zero-order chi connectivity index (χ0) is 15.5. The third-order valence-corrected chi connectivity index (χ3v) is 3.19. The molecular weight excluding hydrogens is 278 g/mol. The van der Waals surface area contributed by atoms with Crippen LogP contribution in [0.15, 0.2) is 48.8 Å². The van der Waals surface area contributed by atoms with E-state index in [0.717, 1.165) is 22.5 Å². The predicted octanol–water partition coefficient (Wildman–Crippen LogP) is 2.68. The van der Waals surface area contributed by atoms with Crippen molar-refractivity contribution in [3.05, 3.63) is 48.8 Å². The van der Waals surface area contributed by atoms with Crippen molar-refractivity contribution in [2.75, 3.05) is 11.1 Å². The second-order valence-corrected chi connectivity index (χ2v) is 4.84. The summed E-state index contributed by atoms with van der Waals surface area (Å²) in [6.07, 6.45) is 3.39. The molecule has 6 nitrogen and oxygen atoms in total. The van der Waals surface area contributed by atoms with E-state index in [1.807, 2.05) is 36.4 Å². The van der Waals surface area contributed by atoms with Crippen LogP contribution in [0.3, 0.4) is 0 Å². The van der Waals surface area contributed by atoms with E-state index in [2.05, 4.69) is 20.3 Å². The molecule has 3 aromatic rings. The van der Waals surface area contributed by atoms with Crippen LogP contribution in [-0.2, 0) is 4.79 Å². The van der Waals surface area contributed by atoms with Gasteiger partial charge in [0.1, 0.15) is 11.6 Å². The molecule has 0 fully saturated rings. The fraction of sp³-hybridized carbons (Fsp3) is 0.0625. The fourth-order valence-corrected chi connectivity index (χ4v) is 2.16. The molecule has 0 radical (unpaired) electrons. The molecule has 6 heteroatoms. The second-order valence-electron chi connectivity index (χ2n) is 4.84. The highest BCUT2D eigenvalue weighted by atomic mass is 16.1. The van der Waals surface area contributed by atoms with Crippen molar-refractivity contribution >= 4 is 17.4 Å². The second kappa shape index (κ2) is 5.69. The molecule has 1 amide bonds. The Labute approximate surface area is 127 Å². The molecule has 22 heavy (non-hydrogen) atoms. The summed E-state index contributed by atoms with van der Waals surface area (Å²) in [6.45, 7) is 1.48. The van der Waals surface area contributed by atoms with E-state index in [1.54, 1.807) is 12.4 Å². The molecule has 0 bridgehead atoms. The van der Waals surface area contributed by atoms with Crippen molar-refractivity contribution in [3.63, 3.8) is 0 Å². The SMILES string of the molecule is CC(=O)Nc1ccc(-c2cnc(-c3cccnc3N)[nH]2)cc1. The zero-order valence-corrected chi connectivity index (χ0v) is 12.0. The van der Waals surface area contributed by atoms with Gasteiger partial charge >= 0.3 is 0 Å². The van der Waals surface area contributed by atoms with Crippen molar-refractivity contribution < 1.29 is 4.79 Å². The first-order chi connectivity index (χ1) is 10.6. The molecule has 110 valence electrons. The fourth-order valence-electron chi connectivity index (χ4n) is 2.16. The number of benzene rings is 1. The van der Waals surface area contributed by atoms with E-state index in [9.17, 15) is 4.79 Å². The first-order valence-corrected chi connectivity index (χ1v) is 6.77. The molecule has 0 aliphatic heterocycles. The van der Waals surface area contributed by atoms with Gasteiger partial charge in [-0.25, -0.2) is 9.97 Å². The van der Waals surface area contributed by atoms with Crippen LogP contribution >= 0.6 is 0 Å². The first-order valence-electron chi connectivity index (χ1n) is 6.77. The normalized spacial score (nSPS) is 10.4. The number of aromatic amines is 1. The Hall–Kier alpha value is -3.15. The molecule has 3 rings (SSSR count). The predicted molar refractivity (Wildman–Crippen MR) is 86.0 cm³/mol. The van der Waals surface area contributed by atoms with Gasteiger partial charge in [0.2, 0.25) is 5.91 Å². The monoisotopic (exact) mass is 293 g/mol. The maximum atomic E-state index is 11.0. The van der Waals surface area contributed by atoms with Crippen molar-refractivity contribution in [2.24, 2.45) is 0 Å². The summed E-state index contributed by atoms with van der Waals surface area (Å²) >= 11 is 0. The molecule has 0 spiro atoms. The summed E-state index contributed by atoms with van der Waals surface area (Å²) in [5.74, 6) is 1.01. The number of hydrogen-bond donors (Lipinski definition) is 3. The minimum Gasteiger partial charge on any atom is -0.383 e. The minimum absolute atomic E-state index is 0.0939. The number of aromatic nitrogens is 3. The summed E-state index contributed by atoms with van der Waals surface area (Å²) in [5, 5.41) is 2.73. The van der Waals surface area contributed by atoms with Gasteiger partial charge in [0.05, 0.1) is 17.5 Å². The summed E-state index contributed by atoms with van der Waals surface area (Å²) in [5.41, 5.74) is 9.22. The van der Waals surface area contributed by atoms with Gasteiger partial charge in [-0.15, -0.1) is 0 Å². The number of carbonyl (C=O) groups is 1. The molecule has 1 aromatic carbocycles. The largest absolute Gasteiger partial charge is 0.383 e. The van der Waals surface area contributed by atoms with Crippen LogP contribution in [0.4, 0.5) is 11.5 Å². The van der Waals surface area contributed by atoms with Crippen LogP contribution in [0.25, 0.3) is 22.6 Å². The third-order valence-electron chi connectivity index (χ3n) is 3.19. The van der Waals surface area contributed by atoms with Gasteiger partial charge in [-0.2, -0.15) is 0 Å². The Morgan fingerprint density at radius 2 is 1.95 bits per heavy atom. The van der Waals surface area contributed by atoms with Gasteiger partial charge in [-0.3, -0.25) is 4.79 Å². The Morgan fingerprint density at radius 3 is 2.64 bits per heavy atom. The number of nitrogens with two attached hydrogens (primary N) is 1. The van der Waals surface area contributed by atoms with Gasteiger partial charge in [0, 0.05) is 18.8 Å². The topological polar surface area (TPSA) is 96.7 Å². The van der Waals surface area contributed by atoms with Crippen LogP contribution in [0.5, 0.6) is 0 Å². The Bertz CT molecular complexity index is 807. The van der Waals surface area contributed by atoms with Crippen molar-refractivity contribution in [1.82, 2.24) is 15.0 Å². The molecule has 0 aliphatic rings. The van der Waals surface area contributed by atoms with E-state index in [0.29, 0.717) is 11.6 Å².